The van der Waals surface area contributed by atoms with Crippen molar-refractivity contribution in [1.82, 2.24) is 24.6 Å². The zero-order valence-electron chi connectivity index (χ0n) is 17.4. The molecule has 4 aromatic rings. The maximum atomic E-state index is 5.25. The van der Waals surface area contributed by atoms with E-state index in [0.29, 0.717) is 6.54 Å². The van der Waals surface area contributed by atoms with Crippen molar-refractivity contribution in [3.8, 4) is 11.4 Å². The summed E-state index contributed by atoms with van der Waals surface area (Å²) in [6, 6.07) is 16.4. The number of aryl methyl sites for hydroxylation is 1. The molecule has 0 radical (unpaired) electrons. The molecule has 2 aromatic heterocycles. The van der Waals surface area contributed by atoms with Crippen molar-refractivity contribution in [2.75, 3.05) is 7.11 Å². The molecule has 0 bridgehead atoms. The Kier molecular flexibility index (Phi) is 5.36. The first-order valence-corrected chi connectivity index (χ1v) is 9.98. The lowest BCUT2D eigenvalue weighted by Crippen LogP contribution is -2.21. The van der Waals surface area contributed by atoms with Crippen LogP contribution in [0.5, 0.6) is 5.75 Å². The van der Waals surface area contributed by atoms with Crippen LogP contribution in [0.25, 0.3) is 16.7 Å². The van der Waals surface area contributed by atoms with Crippen LogP contribution < -0.4 is 10.1 Å². The Morgan fingerprint density at radius 2 is 1.86 bits per heavy atom. The highest BCUT2D eigenvalue weighted by Gasteiger charge is 2.16. The third-order valence-electron chi connectivity index (χ3n) is 5.45. The molecule has 1 N–H and O–H groups in total. The topological polar surface area (TPSA) is 56.9 Å². The van der Waals surface area contributed by atoms with Crippen molar-refractivity contribution < 1.29 is 4.74 Å². The molecule has 6 nitrogen and oxygen atoms in total. The number of methoxy groups -OCH3 is 1. The highest BCUT2D eigenvalue weighted by Crippen LogP contribution is 2.22. The van der Waals surface area contributed by atoms with Gasteiger partial charge in [0.1, 0.15) is 11.6 Å². The lowest BCUT2D eigenvalue weighted by atomic mass is 10.1. The number of hydrogen-bond acceptors (Lipinski definition) is 4. The SMILES string of the molecule is CCn1c(CNC(C)c2cnn(-c3ccc(OC)cc3)c2C)nc2ccccc21. The molecular formula is C23H27N5O. The molecule has 29 heavy (non-hydrogen) atoms. The molecule has 0 aliphatic heterocycles. The minimum atomic E-state index is 0.159. The minimum Gasteiger partial charge on any atom is -0.497 e. The van der Waals surface area contributed by atoms with E-state index in [1.165, 1.54) is 11.1 Å². The van der Waals surface area contributed by atoms with Gasteiger partial charge in [-0.05, 0) is 57.2 Å². The fourth-order valence-electron chi connectivity index (χ4n) is 3.80. The van der Waals surface area contributed by atoms with Crippen molar-refractivity contribution in [2.24, 2.45) is 0 Å². The quantitative estimate of drug-likeness (QED) is 0.509. The van der Waals surface area contributed by atoms with E-state index in [2.05, 4.69) is 54.0 Å². The summed E-state index contributed by atoms with van der Waals surface area (Å²) < 4.78 is 9.48. The molecule has 0 aliphatic carbocycles. The lowest BCUT2D eigenvalue weighted by molar-refractivity contribution is 0.414. The Labute approximate surface area is 171 Å². The summed E-state index contributed by atoms with van der Waals surface area (Å²) in [5.74, 6) is 1.90. The fraction of sp³-hybridized carbons (Fsp3) is 0.304. The number of fused-ring (bicyclic) bond motifs is 1. The number of benzene rings is 2. The minimum absolute atomic E-state index is 0.159. The molecule has 1 unspecified atom stereocenters. The Bertz CT molecular complexity index is 1110. The Balaban J connectivity index is 1.52. The van der Waals surface area contributed by atoms with Gasteiger partial charge in [0.25, 0.3) is 0 Å². The molecule has 0 spiro atoms. The van der Waals surface area contributed by atoms with Gasteiger partial charge in [-0.1, -0.05) is 12.1 Å². The van der Waals surface area contributed by atoms with E-state index in [0.717, 1.165) is 35.0 Å². The maximum Gasteiger partial charge on any atom is 0.123 e. The second kappa shape index (κ2) is 8.09. The molecule has 2 heterocycles. The first-order chi connectivity index (χ1) is 14.1. The van der Waals surface area contributed by atoms with E-state index in [9.17, 15) is 0 Å². The van der Waals surface area contributed by atoms with Crippen LogP contribution >= 0.6 is 0 Å². The molecule has 1 atom stereocenters. The number of nitrogens with one attached hydrogen (secondary N) is 1. The maximum absolute atomic E-state index is 5.25. The second-order valence-electron chi connectivity index (χ2n) is 7.16. The first-order valence-electron chi connectivity index (χ1n) is 9.98. The van der Waals surface area contributed by atoms with E-state index in [-0.39, 0.29) is 6.04 Å². The number of aromatic nitrogens is 4. The third kappa shape index (κ3) is 3.63. The third-order valence-corrected chi connectivity index (χ3v) is 5.45. The number of ether oxygens (including phenoxy) is 1. The average molecular weight is 390 g/mol. The molecule has 150 valence electrons. The fourth-order valence-corrected chi connectivity index (χ4v) is 3.80. The van der Waals surface area contributed by atoms with Gasteiger partial charge in [0.05, 0.1) is 36.6 Å². The van der Waals surface area contributed by atoms with Crippen LogP contribution in [0.1, 0.15) is 37.0 Å². The van der Waals surface area contributed by atoms with Gasteiger partial charge in [0.15, 0.2) is 0 Å². The molecule has 0 fully saturated rings. The smallest absolute Gasteiger partial charge is 0.123 e. The average Bonchev–Trinajstić information content (AvgIpc) is 3.32. The number of rotatable bonds is 7. The highest BCUT2D eigenvalue weighted by molar-refractivity contribution is 5.75. The van der Waals surface area contributed by atoms with Crippen LogP contribution in [0, 0.1) is 6.92 Å². The first kappa shape index (κ1) is 19.2. The zero-order chi connectivity index (χ0) is 20.4. The van der Waals surface area contributed by atoms with Crippen LogP contribution in [0.4, 0.5) is 0 Å². The summed E-state index contributed by atoms with van der Waals surface area (Å²) in [5, 5.41) is 8.22. The molecule has 0 saturated carbocycles. The summed E-state index contributed by atoms with van der Waals surface area (Å²) in [6.45, 7) is 8.04. The van der Waals surface area contributed by atoms with Gasteiger partial charge in [-0.25, -0.2) is 9.67 Å². The van der Waals surface area contributed by atoms with Gasteiger partial charge in [-0.15, -0.1) is 0 Å². The summed E-state index contributed by atoms with van der Waals surface area (Å²) in [6.07, 6.45) is 1.94. The predicted molar refractivity (Wildman–Crippen MR) is 116 cm³/mol. The standard InChI is InChI=1S/C23H27N5O/c1-5-27-22-9-7-6-8-21(22)26-23(27)15-24-16(2)20-14-25-28(17(20)3)18-10-12-19(29-4)13-11-18/h6-14,16,24H,5,15H2,1-4H3. The van der Waals surface area contributed by atoms with Gasteiger partial charge >= 0.3 is 0 Å². The second-order valence-corrected chi connectivity index (χ2v) is 7.16. The number of nitrogens with zero attached hydrogens (tertiary/aromatic N) is 4. The monoisotopic (exact) mass is 389 g/mol. The summed E-state index contributed by atoms with van der Waals surface area (Å²) >= 11 is 0. The Hall–Kier alpha value is -3.12. The highest BCUT2D eigenvalue weighted by atomic mass is 16.5. The van der Waals surface area contributed by atoms with Crippen molar-refractivity contribution in [2.45, 2.75) is 39.9 Å². The molecule has 2 aromatic carbocycles. The summed E-state index contributed by atoms with van der Waals surface area (Å²) in [5.41, 5.74) is 5.55. The summed E-state index contributed by atoms with van der Waals surface area (Å²) in [4.78, 5) is 4.81. The van der Waals surface area contributed by atoms with Crippen molar-refractivity contribution in [3.63, 3.8) is 0 Å². The predicted octanol–water partition coefficient (Wildman–Crippen LogP) is 4.41. The number of para-hydroxylation sites is 2. The lowest BCUT2D eigenvalue weighted by Gasteiger charge is -2.15. The van der Waals surface area contributed by atoms with Gasteiger partial charge in [0, 0.05) is 23.8 Å². The molecule has 0 amide bonds. The van der Waals surface area contributed by atoms with E-state index >= 15 is 0 Å². The largest absolute Gasteiger partial charge is 0.497 e. The van der Waals surface area contributed by atoms with Gasteiger partial charge in [0.2, 0.25) is 0 Å². The van der Waals surface area contributed by atoms with Crippen LogP contribution in [0.15, 0.2) is 54.7 Å². The van der Waals surface area contributed by atoms with E-state index in [1.54, 1.807) is 7.11 Å². The van der Waals surface area contributed by atoms with Gasteiger partial charge < -0.3 is 14.6 Å². The van der Waals surface area contributed by atoms with E-state index in [1.807, 2.05) is 41.2 Å². The van der Waals surface area contributed by atoms with Crippen molar-refractivity contribution in [3.05, 3.63) is 71.8 Å². The van der Waals surface area contributed by atoms with Crippen LogP contribution in [-0.4, -0.2) is 26.4 Å². The zero-order valence-corrected chi connectivity index (χ0v) is 17.4. The Morgan fingerprint density at radius 3 is 2.59 bits per heavy atom. The van der Waals surface area contributed by atoms with E-state index in [4.69, 9.17) is 9.72 Å². The molecule has 0 saturated heterocycles. The van der Waals surface area contributed by atoms with Gasteiger partial charge in [-0.3, -0.25) is 0 Å². The summed E-state index contributed by atoms with van der Waals surface area (Å²) in [7, 11) is 1.67. The molecule has 4 rings (SSSR count). The molecule has 0 aliphatic rings. The normalized spacial score (nSPS) is 12.4. The van der Waals surface area contributed by atoms with Crippen LogP contribution in [-0.2, 0) is 13.1 Å². The van der Waals surface area contributed by atoms with E-state index < -0.39 is 0 Å². The molecule has 6 heteroatoms. The van der Waals surface area contributed by atoms with Crippen molar-refractivity contribution in [1.29, 1.82) is 0 Å². The van der Waals surface area contributed by atoms with Crippen LogP contribution in [0.3, 0.4) is 0 Å². The molecular weight excluding hydrogens is 362 g/mol. The van der Waals surface area contributed by atoms with Crippen LogP contribution in [0.2, 0.25) is 0 Å². The Morgan fingerprint density at radius 1 is 1.10 bits per heavy atom. The van der Waals surface area contributed by atoms with Crippen molar-refractivity contribution >= 4 is 11.0 Å². The van der Waals surface area contributed by atoms with Gasteiger partial charge in [-0.2, -0.15) is 5.10 Å². The number of imidazole rings is 1. The number of hydrogen-bond donors (Lipinski definition) is 1.